The van der Waals surface area contributed by atoms with Crippen molar-refractivity contribution in [3.8, 4) is 0 Å². The molecule has 1 aromatic carbocycles. The number of aromatic nitrogens is 2. The Hall–Kier alpha value is -2.21. The molecule has 1 amide bonds. The molecule has 22 heavy (non-hydrogen) atoms. The molecule has 4 rings (SSSR count). The fourth-order valence-electron chi connectivity index (χ4n) is 3.22. The average molecular weight is 297 g/mol. The van der Waals surface area contributed by atoms with Crippen molar-refractivity contribution in [2.75, 3.05) is 25.0 Å². The first-order chi connectivity index (χ1) is 10.8. The molecule has 0 unspecified atom stereocenters. The number of piperidine rings is 1. The summed E-state index contributed by atoms with van der Waals surface area (Å²) in [7, 11) is 0. The van der Waals surface area contributed by atoms with Crippen molar-refractivity contribution in [3.63, 3.8) is 0 Å². The molecule has 0 atom stereocenters. The third-order valence-electron chi connectivity index (χ3n) is 4.42. The Morgan fingerprint density at radius 3 is 2.91 bits per heavy atom. The molecule has 114 valence electrons. The molecule has 2 aliphatic rings. The van der Waals surface area contributed by atoms with Crippen molar-refractivity contribution in [3.05, 3.63) is 29.9 Å². The monoisotopic (exact) mass is 297 g/mol. The summed E-state index contributed by atoms with van der Waals surface area (Å²) in [4.78, 5) is 21.4. The second kappa shape index (κ2) is 5.53. The molecule has 2 aliphatic heterocycles. The Bertz CT molecular complexity index is 789. The summed E-state index contributed by atoms with van der Waals surface area (Å²) in [5.41, 5.74) is 1.40. The highest BCUT2D eigenvalue weighted by Crippen LogP contribution is 2.22. The lowest BCUT2D eigenvalue weighted by atomic mass is 9.98. The van der Waals surface area contributed by atoms with Crippen molar-refractivity contribution < 1.29 is 4.79 Å². The van der Waals surface area contributed by atoms with Gasteiger partial charge in [-0.2, -0.15) is 4.99 Å². The first kappa shape index (κ1) is 13.5. The summed E-state index contributed by atoms with van der Waals surface area (Å²) < 4.78 is 2.02. The van der Waals surface area contributed by atoms with Crippen LogP contribution in [0.15, 0.2) is 29.3 Å². The maximum Gasteiger partial charge on any atom is 0.252 e. The van der Waals surface area contributed by atoms with E-state index in [1.807, 2.05) is 28.8 Å². The number of para-hydroxylation sites is 1. The lowest BCUT2D eigenvalue weighted by Gasteiger charge is -2.19. The molecule has 1 fully saturated rings. The second-order valence-corrected chi connectivity index (χ2v) is 5.83. The van der Waals surface area contributed by atoms with Gasteiger partial charge in [-0.1, -0.05) is 12.1 Å². The van der Waals surface area contributed by atoms with Gasteiger partial charge < -0.3 is 10.6 Å². The van der Waals surface area contributed by atoms with Crippen molar-refractivity contribution in [1.29, 1.82) is 0 Å². The summed E-state index contributed by atoms with van der Waals surface area (Å²) in [6, 6.07) is 7.97. The molecule has 3 heterocycles. The minimum atomic E-state index is -0.0362. The highest BCUT2D eigenvalue weighted by Gasteiger charge is 2.21. The number of benzene rings is 1. The van der Waals surface area contributed by atoms with Gasteiger partial charge in [0, 0.05) is 24.4 Å². The van der Waals surface area contributed by atoms with E-state index in [2.05, 4.69) is 20.6 Å². The molecule has 1 aromatic heterocycles. The lowest BCUT2D eigenvalue weighted by Crippen LogP contribution is -2.33. The maximum atomic E-state index is 12.4. The molecule has 6 nitrogen and oxygen atoms in total. The molecule has 0 bridgehead atoms. The first-order valence-electron chi connectivity index (χ1n) is 7.86. The third kappa shape index (κ3) is 2.29. The number of carbonyl (C=O) groups excluding carboxylic acids is 1. The van der Waals surface area contributed by atoms with E-state index in [1.54, 1.807) is 0 Å². The van der Waals surface area contributed by atoms with Crippen LogP contribution in [0.3, 0.4) is 0 Å². The number of nitrogens with zero attached hydrogens (tertiary/aromatic N) is 3. The topological polar surface area (TPSA) is 71.3 Å². The van der Waals surface area contributed by atoms with Crippen molar-refractivity contribution in [1.82, 2.24) is 14.9 Å². The zero-order chi connectivity index (χ0) is 14.9. The van der Waals surface area contributed by atoms with E-state index in [9.17, 15) is 4.79 Å². The van der Waals surface area contributed by atoms with Gasteiger partial charge in [0.2, 0.25) is 5.62 Å². The van der Waals surface area contributed by atoms with E-state index in [-0.39, 0.29) is 11.8 Å². The van der Waals surface area contributed by atoms with Gasteiger partial charge in [0.05, 0.1) is 5.52 Å². The fourth-order valence-corrected chi connectivity index (χ4v) is 3.22. The molecule has 2 aromatic rings. The van der Waals surface area contributed by atoms with Gasteiger partial charge in [0.1, 0.15) is 5.82 Å². The van der Waals surface area contributed by atoms with Crippen LogP contribution in [0.25, 0.3) is 10.9 Å². The summed E-state index contributed by atoms with van der Waals surface area (Å²) in [6.45, 7) is 3.43. The minimum absolute atomic E-state index is 0.0279. The molecule has 0 aliphatic carbocycles. The molecule has 0 saturated carbocycles. The molecular formula is C16H19N5O. The Morgan fingerprint density at radius 1 is 1.23 bits per heavy atom. The largest absolute Gasteiger partial charge is 0.369 e. The Balaban J connectivity index is 1.81. The Kier molecular flexibility index (Phi) is 3.38. The molecular weight excluding hydrogens is 278 g/mol. The van der Waals surface area contributed by atoms with Gasteiger partial charge in [-0.15, -0.1) is 0 Å². The maximum absolute atomic E-state index is 12.4. The summed E-state index contributed by atoms with van der Waals surface area (Å²) in [5, 5.41) is 7.73. The predicted octanol–water partition coefficient (Wildman–Crippen LogP) is 0.889. The van der Waals surface area contributed by atoms with Crippen LogP contribution in [0.5, 0.6) is 0 Å². The fraction of sp³-hybridized carbons (Fsp3) is 0.438. The van der Waals surface area contributed by atoms with Crippen LogP contribution in [-0.4, -0.2) is 35.1 Å². The summed E-state index contributed by atoms with van der Waals surface area (Å²) >= 11 is 0. The van der Waals surface area contributed by atoms with E-state index >= 15 is 0 Å². The zero-order valence-corrected chi connectivity index (χ0v) is 12.4. The number of fused-ring (bicyclic) bond motifs is 3. The number of nitrogens with one attached hydrogen (secondary N) is 2. The highest BCUT2D eigenvalue weighted by molar-refractivity contribution is 5.89. The second-order valence-electron chi connectivity index (χ2n) is 5.83. The number of anilines is 1. The zero-order valence-electron chi connectivity index (χ0n) is 12.4. The van der Waals surface area contributed by atoms with E-state index in [0.29, 0.717) is 5.62 Å². The van der Waals surface area contributed by atoms with Gasteiger partial charge in [-0.25, -0.2) is 4.98 Å². The van der Waals surface area contributed by atoms with E-state index < -0.39 is 0 Å². The molecule has 2 N–H and O–H groups in total. The highest BCUT2D eigenvalue weighted by atomic mass is 16.1. The number of hydrogen-bond acceptors (Lipinski definition) is 4. The number of rotatable bonds is 1. The van der Waals surface area contributed by atoms with Crippen LogP contribution in [0.2, 0.25) is 0 Å². The van der Waals surface area contributed by atoms with Gasteiger partial charge in [0.15, 0.2) is 0 Å². The van der Waals surface area contributed by atoms with Gasteiger partial charge in [-0.05, 0) is 38.1 Å². The summed E-state index contributed by atoms with van der Waals surface area (Å²) in [6.07, 6.45) is 1.72. The van der Waals surface area contributed by atoms with Crippen LogP contribution in [0, 0.1) is 5.92 Å². The SMILES string of the molecule is O=C(N=c1nc2ccccc2c2n1CCN2)C1CCNCC1. The standard InChI is InChI=1S/C16H19N5O/c22-15(11-5-7-17-8-6-11)20-16-19-13-4-2-1-3-12(13)14-18-9-10-21(14)16/h1-4,11,17-18H,5-10H2. The van der Waals surface area contributed by atoms with Crippen molar-refractivity contribution in [2.45, 2.75) is 19.4 Å². The van der Waals surface area contributed by atoms with E-state index in [1.165, 1.54) is 0 Å². The molecule has 0 radical (unpaired) electrons. The van der Waals surface area contributed by atoms with Gasteiger partial charge >= 0.3 is 0 Å². The van der Waals surface area contributed by atoms with E-state index in [4.69, 9.17) is 0 Å². The number of amides is 1. The Morgan fingerprint density at radius 2 is 2.05 bits per heavy atom. The molecule has 0 spiro atoms. The van der Waals surface area contributed by atoms with Crippen LogP contribution in [0.1, 0.15) is 12.8 Å². The van der Waals surface area contributed by atoms with Crippen molar-refractivity contribution >= 4 is 22.6 Å². The van der Waals surface area contributed by atoms with Gasteiger partial charge in [-0.3, -0.25) is 9.36 Å². The molecule has 1 saturated heterocycles. The lowest BCUT2D eigenvalue weighted by molar-refractivity contribution is -0.122. The van der Waals surface area contributed by atoms with Crippen LogP contribution >= 0.6 is 0 Å². The molecule has 6 heteroatoms. The normalized spacial score (nSPS) is 19.2. The predicted molar refractivity (Wildman–Crippen MR) is 84.4 cm³/mol. The van der Waals surface area contributed by atoms with Crippen LogP contribution < -0.4 is 16.3 Å². The van der Waals surface area contributed by atoms with Gasteiger partial charge in [0.25, 0.3) is 5.91 Å². The third-order valence-corrected chi connectivity index (χ3v) is 4.42. The number of carbonyl (C=O) groups is 1. The number of hydrogen-bond donors (Lipinski definition) is 2. The quantitative estimate of drug-likeness (QED) is 0.820. The minimum Gasteiger partial charge on any atom is -0.369 e. The first-order valence-corrected chi connectivity index (χ1v) is 7.86. The summed E-state index contributed by atoms with van der Waals surface area (Å²) in [5.74, 6) is 1.01. The smallest absolute Gasteiger partial charge is 0.252 e. The van der Waals surface area contributed by atoms with Crippen LogP contribution in [0.4, 0.5) is 5.82 Å². The van der Waals surface area contributed by atoms with Crippen molar-refractivity contribution in [2.24, 2.45) is 10.9 Å². The average Bonchev–Trinajstić information content (AvgIpc) is 3.06. The van der Waals surface area contributed by atoms with E-state index in [0.717, 1.165) is 55.7 Å². The Labute approximate surface area is 128 Å². The van der Waals surface area contributed by atoms with Crippen LogP contribution in [-0.2, 0) is 11.3 Å².